The molecular weight excluding hydrogens is 390 g/mol. The van der Waals surface area contributed by atoms with Crippen molar-refractivity contribution in [3.05, 3.63) is 12.2 Å². The van der Waals surface area contributed by atoms with E-state index in [1.54, 1.807) is 7.11 Å². The van der Waals surface area contributed by atoms with Gasteiger partial charge in [-0.1, -0.05) is 0 Å². The van der Waals surface area contributed by atoms with Crippen LogP contribution in [0.4, 0.5) is 0 Å². The minimum Gasteiger partial charge on any atom is -0.384 e. The van der Waals surface area contributed by atoms with E-state index in [4.69, 9.17) is 14.2 Å². The lowest BCUT2D eigenvalue weighted by Gasteiger charge is -2.32. The number of nitrogens with zero attached hydrogens (tertiary/aromatic N) is 1. The molecule has 30 heavy (non-hydrogen) atoms. The zero-order valence-electron chi connectivity index (χ0n) is 18.4. The summed E-state index contributed by atoms with van der Waals surface area (Å²) in [6.45, 7) is 6.19. The van der Waals surface area contributed by atoms with E-state index >= 15 is 0 Å². The summed E-state index contributed by atoms with van der Waals surface area (Å²) >= 11 is 0. The van der Waals surface area contributed by atoms with Crippen molar-refractivity contribution in [3.63, 3.8) is 0 Å². The molecule has 0 N–H and O–H groups in total. The van der Waals surface area contributed by atoms with Crippen molar-refractivity contribution in [2.24, 2.45) is 5.41 Å². The Bertz CT molecular complexity index is 589. The van der Waals surface area contributed by atoms with Gasteiger partial charge in [0.1, 0.15) is 11.6 Å². The third-order valence-electron chi connectivity index (χ3n) is 4.92. The monoisotopic (exact) mass is 425 g/mol. The molecule has 1 aliphatic rings. The van der Waals surface area contributed by atoms with Crippen LogP contribution in [-0.4, -0.2) is 75.0 Å². The molecular formula is C22H35NO7. The van der Waals surface area contributed by atoms with Crippen LogP contribution in [0.1, 0.15) is 52.4 Å². The highest BCUT2D eigenvalue weighted by atomic mass is 16.5. The summed E-state index contributed by atoms with van der Waals surface area (Å²) in [5, 5.41) is 0. The normalized spacial score (nSPS) is 14.0. The average molecular weight is 426 g/mol. The maximum atomic E-state index is 12.5. The summed E-state index contributed by atoms with van der Waals surface area (Å²) in [6, 6.07) is 0. The standard InChI is InChI=1S/C22H35NO7/c1-4-29-16-22(15-28-3,17-30-5-2)14-19(25)9-7-6-8-18(24)12-13-23-20(26)10-11-21(23)27/h10-11H,4-9,12-17H2,1-3H3. The van der Waals surface area contributed by atoms with Gasteiger partial charge in [-0.25, -0.2) is 0 Å². The summed E-state index contributed by atoms with van der Waals surface area (Å²) in [5.41, 5.74) is -0.503. The van der Waals surface area contributed by atoms with E-state index in [2.05, 4.69) is 0 Å². The quantitative estimate of drug-likeness (QED) is 0.245. The van der Waals surface area contributed by atoms with Crippen LogP contribution in [0.3, 0.4) is 0 Å². The molecule has 0 aromatic rings. The molecule has 0 radical (unpaired) electrons. The number of unbranched alkanes of at least 4 members (excludes halogenated alkanes) is 1. The van der Waals surface area contributed by atoms with Gasteiger partial charge in [-0.3, -0.25) is 24.1 Å². The molecule has 0 aliphatic carbocycles. The predicted molar refractivity (Wildman–Crippen MR) is 111 cm³/mol. The van der Waals surface area contributed by atoms with Crippen LogP contribution < -0.4 is 0 Å². The molecule has 1 rings (SSSR count). The van der Waals surface area contributed by atoms with E-state index in [1.807, 2.05) is 13.8 Å². The van der Waals surface area contributed by atoms with Gasteiger partial charge in [0, 0.05) is 70.1 Å². The highest BCUT2D eigenvalue weighted by Gasteiger charge is 2.33. The van der Waals surface area contributed by atoms with Gasteiger partial charge in [0.15, 0.2) is 0 Å². The Hall–Kier alpha value is -1.90. The number of amides is 2. The summed E-state index contributed by atoms with van der Waals surface area (Å²) in [6.07, 6.45) is 4.78. The van der Waals surface area contributed by atoms with Gasteiger partial charge in [-0.2, -0.15) is 0 Å². The minimum atomic E-state index is -0.503. The van der Waals surface area contributed by atoms with Crippen molar-refractivity contribution in [1.82, 2.24) is 4.90 Å². The third kappa shape index (κ3) is 9.28. The van der Waals surface area contributed by atoms with Gasteiger partial charge in [-0.05, 0) is 26.7 Å². The van der Waals surface area contributed by atoms with Gasteiger partial charge in [-0.15, -0.1) is 0 Å². The van der Waals surface area contributed by atoms with Crippen LogP contribution in [0.15, 0.2) is 12.2 Å². The van der Waals surface area contributed by atoms with Crippen molar-refractivity contribution in [2.75, 3.05) is 46.7 Å². The maximum absolute atomic E-state index is 12.5. The zero-order chi connectivity index (χ0) is 22.4. The fourth-order valence-electron chi connectivity index (χ4n) is 3.39. The molecule has 0 saturated carbocycles. The number of Topliss-reactive ketones (excluding diaryl/α,β-unsaturated/α-hetero) is 2. The predicted octanol–water partition coefficient (Wildman–Crippen LogP) is 2.10. The molecule has 170 valence electrons. The van der Waals surface area contributed by atoms with Crippen molar-refractivity contribution >= 4 is 23.4 Å². The van der Waals surface area contributed by atoms with Crippen LogP contribution in [0.5, 0.6) is 0 Å². The molecule has 1 heterocycles. The fourth-order valence-corrected chi connectivity index (χ4v) is 3.39. The lowest BCUT2D eigenvalue weighted by atomic mass is 9.84. The van der Waals surface area contributed by atoms with Crippen LogP contribution in [0.25, 0.3) is 0 Å². The average Bonchev–Trinajstić information content (AvgIpc) is 3.04. The van der Waals surface area contributed by atoms with E-state index in [-0.39, 0.29) is 36.3 Å². The number of rotatable bonds is 18. The molecule has 0 bridgehead atoms. The molecule has 0 unspecified atom stereocenters. The fraction of sp³-hybridized carbons (Fsp3) is 0.727. The Labute approximate surface area is 178 Å². The lowest BCUT2D eigenvalue weighted by molar-refractivity contribution is -0.137. The first kappa shape index (κ1) is 26.1. The van der Waals surface area contributed by atoms with Crippen molar-refractivity contribution < 1.29 is 33.4 Å². The Morgan fingerprint density at radius 2 is 1.40 bits per heavy atom. The molecule has 1 aliphatic heterocycles. The van der Waals surface area contributed by atoms with Crippen molar-refractivity contribution in [3.8, 4) is 0 Å². The number of methoxy groups -OCH3 is 1. The smallest absolute Gasteiger partial charge is 0.253 e. The van der Waals surface area contributed by atoms with Gasteiger partial charge >= 0.3 is 0 Å². The SMILES string of the molecule is CCOCC(COC)(COCC)CC(=O)CCCCC(=O)CCN1C(=O)C=CC1=O. The summed E-state index contributed by atoms with van der Waals surface area (Å²) in [5.74, 6) is -0.677. The molecule has 0 spiro atoms. The topological polar surface area (TPSA) is 99.2 Å². The second-order valence-corrected chi connectivity index (χ2v) is 7.58. The summed E-state index contributed by atoms with van der Waals surface area (Å²) < 4.78 is 16.5. The number of carbonyl (C=O) groups excluding carboxylic acids is 4. The van der Waals surface area contributed by atoms with E-state index in [1.165, 1.54) is 12.2 Å². The Morgan fingerprint density at radius 1 is 0.867 bits per heavy atom. The largest absolute Gasteiger partial charge is 0.384 e. The van der Waals surface area contributed by atoms with E-state index in [9.17, 15) is 19.2 Å². The first-order valence-corrected chi connectivity index (χ1v) is 10.6. The number of ether oxygens (including phenoxy) is 3. The Morgan fingerprint density at radius 3 is 1.90 bits per heavy atom. The molecule has 0 saturated heterocycles. The van der Waals surface area contributed by atoms with E-state index < -0.39 is 5.41 Å². The number of ketones is 2. The van der Waals surface area contributed by atoms with E-state index in [0.717, 1.165) is 4.90 Å². The molecule has 0 fully saturated rings. The molecule has 0 aromatic heterocycles. The third-order valence-corrected chi connectivity index (χ3v) is 4.92. The van der Waals surface area contributed by atoms with Crippen LogP contribution in [0, 0.1) is 5.41 Å². The lowest BCUT2D eigenvalue weighted by Crippen LogP contribution is -2.39. The first-order valence-electron chi connectivity index (χ1n) is 10.6. The molecule has 2 amide bonds. The summed E-state index contributed by atoms with van der Waals surface area (Å²) in [4.78, 5) is 48.5. The van der Waals surface area contributed by atoms with Crippen LogP contribution in [0.2, 0.25) is 0 Å². The maximum Gasteiger partial charge on any atom is 0.253 e. The highest BCUT2D eigenvalue weighted by Crippen LogP contribution is 2.26. The van der Waals surface area contributed by atoms with Crippen molar-refractivity contribution in [2.45, 2.75) is 52.4 Å². The summed E-state index contributed by atoms with van der Waals surface area (Å²) in [7, 11) is 1.60. The number of carbonyl (C=O) groups is 4. The molecule has 0 aromatic carbocycles. The van der Waals surface area contributed by atoms with Gasteiger partial charge < -0.3 is 14.2 Å². The molecule has 8 nitrogen and oxygen atoms in total. The van der Waals surface area contributed by atoms with Crippen LogP contribution >= 0.6 is 0 Å². The van der Waals surface area contributed by atoms with E-state index in [0.29, 0.717) is 65.1 Å². The number of hydrogen-bond acceptors (Lipinski definition) is 7. The first-order chi connectivity index (χ1) is 14.4. The Balaban J connectivity index is 2.35. The number of hydrogen-bond donors (Lipinski definition) is 0. The van der Waals surface area contributed by atoms with Crippen molar-refractivity contribution in [1.29, 1.82) is 0 Å². The second kappa shape index (κ2) is 14.2. The minimum absolute atomic E-state index is 0.0172. The molecule has 0 atom stereocenters. The van der Waals surface area contributed by atoms with Gasteiger partial charge in [0.2, 0.25) is 0 Å². The molecule has 8 heteroatoms. The highest BCUT2D eigenvalue weighted by molar-refractivity contribution is 6.13. The second-order valence-electron chi connectivity index (χ2n) is 7.58. The number of imide groups is 1. The zero-order valence-corrected chi connectivity index (χ0v) is 18.4. The Kier molecular flexibility index (Phi) is 12.3. The van der Waals surface area contributed by atoms with Gasteiger partial charge in [0.25, 0.3) is 11.8 Å². The van der Waals surface area contributed by atoms with Gasteiger partial charge in [0.05, 0.1) is 19.8 Å². The van der Waals surface area contributed by atoms with Crippen LogP contribution in [-0.2, 0) is 33.4 Å².